The van der Waals surface area contributed by atoms with Gasteiger partial charge in [-0.25, -0.2) is 0 Å². The van der Waals surface area contributed by atoms with Crippen LogP contribution in [0, 0.1) is 0 Å². The number of anilines is 3. The van der Waals surface area contributed by atoms with E-state index in [9.17, 15) is 0 Å². The Balaban J connectivity index is 0.907. The maximum absolute atomic E-state index is 6.35. The van der Waals surface area contributed by atoms with Gasteiger partial charge in [0.05, 0.1) is 10.8 Å². The van der Waals surface area contributed by atoms with Crippen molar-refractivity contribution >= 4 is 39.0 Å². The molecule has 0 saturated carbocycles. The van der Waals surface area contributed by atoms with Crippen LogP contribution in [0.1, 0.15) is 76.8 Å². The smallest absolute Gasteiger partial charge is 0.135 e. The Morgan fingerprint density at radius 3 is 1.64 bits per heavy atom. The molecule has 0 aliphatic heterocycles. The van der Waals surface area contributed by atoms with E-state index in [-0.39, 0.29) is 5.41 Å². The van der Waals surface area contributed by atoms with Crippen LogP contribution in [0.2, 0.25) is 0 Å². The molecule has 346 valence electrons. The molecule has 15 rings (SSSR count). The van der Waals surface area contributed by atoms with Crippen molar-refractivity contribution in [3.05, 3.63) is 304 Å². The van der Waals surface area contributed by atoms with Crippen LogP contribution in [0.5, 0.6) is 0 Å². The van der Waals surface area contributed by atoms with Crippen molar-refractivity contribution in [2.24, 2.45) is 0 Å². The van der Waals surface area contributed by atoms with Gasteiger partial charge < -0.3 is 9.32 Å². The third-order valence-electron chi connectivity index (χ3n) is 17.1. The molecule has 1 spiro atoms. The maximum atomic E-state index is 6.35. The molecular weight excluding hydrogens is 883 g/mol. The van der Waals surface area contributed by atoms with Crippen LogP contribution in [0.25, 0.3) is 55.3 Å². The van der Waals surface area contributed by atoms with Gasteiger partial charge in [-0.1, -0.05) is 214 Å². The number of allylic oxidation sites excluding steroid dienone is 4. The lowest BCUT2D eigenvalue weighted by molar-refractivity contribution is 0.595. The fourth-order valence-corrected chi connectivity index (χ4v) is 14.0. The molecule has 11 aromatic rings. The first kappa shape index (κ1) is 42.0. The fraction of sp³-hybridized carbons (Fsp3) is 0.0986. The Kier molecular flexibility index (Phi) is 9.00. The van der Waals surface area contributed by atoms with Gasteiger partial charge in [0.2, 0.25) is 0 Å². The highest BCUT2D eigenvalue weighted by Gasteiger charge is 2.57. The molecule has 0 radical (unpaired) electrons. The molecule has 10 aromatic carbocycles. The zero-order valence-corrected chi connectivity index (χ0v) is 40.9. The predicted octanol–water partition coefficient (Wildman–Crippen LogP) is 18.3. The first-order valence-corrected chi connectivity index (χ1v) is 25.9. The van der Waals surface area contributed by atoms with E-state index in [0.29, 0.717) is 0 Å². The molecule has 0 bridgehead atoms. The third kappa shape index (κ3) is 5.75. The van der Waals surface area contributed by atoms with Crippen LogP contribution in [-0.4, -0.2) is 0 Å². The zero-order chi connectivity index (χ0) is 48.5. The highest BCUT2D eigenvalue weighted by molar-refractivity contribution is 6.06. The summed E-state index contributed by atoms with van der Waals surface area (Å²) in [4.78, 5) is 2.42. The minimum atomic E-state index is -0.549. The highest BCUT2D eigenvalue weighted by Crippen LogP contribution is 2.65. The Morgan fingerprint density at radius 1 is 0.384 bits per heavy atom. The Hall–Kier alpha value is -8.72. The Labute approximate surface area is 426 Å². The van der Waals surface area contributed by atoms with Crippen LogP contribution < -0.4 is 4.90 Å². The molecule has 0 unspecified atom stereocenters. The maximum Gasteiger partial charge on any atom is 0.135 e. The topological polar surface area (TPSA) is 16.4 Å². The van der Waals surface area contributed by atoms with E-state index in [4.69, 9.17) is 4.42 Å². The van der Waals surface area contributed by atoms with Gasteiger partial charge in [0.15, 0.2) is 0 Å². The highest BCUT2D eigenvalue weighted by atomic mass is 16.3. The van der Waals surface area contributed by atoms with Crippen LogP contribution in [0.3, 0.4) is 0 Å². The third-order valence-corrected chi connectivity index (χ3v) is 17.1. The van der Waals surface area contributed by atoms with Gasteiger partial charge in [0, 0.05) is 33.2 Å². The summed E-state index contributed by atoms with van der Waals surface area (Å²) < 4.78 is 6.35. The molecule has 0 saturated heterocycles. The van der Waals surface area contributed by atoms with Crippen LogP contribution in [0.4, 0.5) is 17.1 Å². The van der Waals surface area contributed by atoms with E-state index in [0.717, 1.165) is 51.8 Å². The van der Waals surface area contributed by atoms with Gasteiger partial charge in [0.1, 0.15) is 11.2 Å². The normalized spacial score (nSPS) is 18.4. The van der Waals surface area contributed by atoms with E-state index in [1.54, 1.807) is 0 Å². The van der Waals surface area contributed by atoms with Crippen LogP contribution in [0.15, 0.2) is 259 Å². The van der Waals surface area contributed by atoms with E-state index in [1.807, 2.05) is 6.07 Å². The van der Waals surface area contributed by atoms with Gasteiger partial charge in [-0.15, -0.1) is 0 Å². The molecule has 4 aliphatic carbocycles. The minimum absolute atomic E-state index is 0.139. The molecule has 1 heterocycles. The summed E-state index contributed by atoms with van der Waals surface area (Å²) in [6.45, 7) is 4.72. The number of para-hydroxylation sites is 1. The number of hydrogen-bond acceptors (Lipinski definition) is 2. The minimum Gasteiger partial charge on any atom is -0.456 e. The first-order chi connectivity index (χ1) is 36.0. The average Bonchev–Trinajstić information content (AvgIpc) is 4.05. The molecule has 2 heteroatoms. The number of furan rings is 1. The van der Waals surface area contributed by atoms with Crippen molar-refractivity contribution < 1.29 is 4.42 Å². The first-order valence-electron chi connectivity index (χ1n) is 25.9. The zero-order valence-electron chi connectivity index (χ0n) is 40.9. The summed E-state index contributed by atoms with van der Waals surface area (Å²) in [6, 6.07) is 86.7. The Morgan fingerprint density at radius 2 is 0.918 bits per heavy atom. The average molecular weight is 934 g/mol. The second-order valence-electron chi connectivity index (χ2n) is 21.0. The van der Waals surface area contributed by atoms with Gasteiger partial charge >= 0.3 is 0 Å². The van der Waals surface area contributed by atoms with E-state index < -0.39 is 10.8 Å². The molecule has 4 aliphatic rings. The van der Waals surface area contributed by atoms with Gasteiger partial charge in [-0.05, 0) is 151 Å². The van der Waals surface area contributed by atoms with E-state index in [2.05, 4.69) is 261 Å². The van der Waals surface area contributed by atoms with Crippen molar-refractivity contribution in [2.45, 2.75) is 42.9 Å². The lowest BCUT2D eigenvalue weighted by Gasteiger charge is -2.51. The van der Waals surface area contributed by atoms with Gasteiger partial charge in [0.25, 0.3) is 0 Å². The summed E-state index contributed by atoms with van der Waals surface area (Å²) >= 11 is 0. The monoisotopic (exact) mass is 933 g/mol. The molecule has 0 amide bonds. The molecule has 73 heavy (non-hydrogen) atoms. The number of rotatable bonds is 6. The number of benzene rings is 10. The molecule has 1 aromatic heterocycles. The number of nitrogens with zero attached hydrogens (tertiary/aromatic N) is 1. The van der Waals surface area contributed by atoms with Crippen LogP contribution >= 0.6 is 0 Å². The van der Waals surface area contributed by atoms with Crippen molar-refractivity contribution in [3.8, 4) is 33.4 Å². The second-order valence-corrected chi connectivity index (χ2v) is 21.0. The summed E-state index contributed by atoms with van der Waals surface area (Å²) in [5.41, 5.74) is 25.1. The van der Waals surface area contributed by atoms with E-state index in [1.165, 1.54) is 89.0 Å². The second kappa shape index (κ2) is 15.6. The van der Waals surface area contributed by atoms with Crippen LogP contribution in [-0.2, 0) is 16.2 Å². The SMILES string of the molecule is CC1(C)c2ccccc2-c2ccc(N(c3ccc(-c4ccc5c(c4)C4(c6ccccc6-5)c5ccccc5C(C5=CC=CCC5)(c5ccccc5)c5ccccc54)cc3)c3ccc4oc5ccccc5c4c3)cc21. The standard InChI is InChI=1S/C71H51NO/c1-69(2)59-26-12-9-23-53(59)55-41-38-52(45-65(55)69)72(51-39-42-68-58(44-51)57-25-11-18-32-67(57)73-68)50-36-33-46(34-37-50)47-35-40-56-54-24-10-13-27-60(54)71(66(56)43-47)63-30-16-14-28-61(63)70(48-19-5-3-6-20-48,49-21-7-4-8-22-49)62-29-15-17-31-64(62)71/h3-7,9-21,23-45H,8,22H2,1-2H3. The largest absolute Gasteiger partial charge is 0.456 e. The quantitative estimate of drug-likeness (QED) is 0.165. The van der Waals surface area contributed by atoms with Gasteiger partial charge in [-0.3, -0.25) is 0 Å². The molecule has 0 N–H and O–H groups in total. The van der Waals surface area contributed by atoms with E-state index >= 15 is 0 Å². The fourth-order valence-electron chi connectivity index (χ4n) is 14.0. The van der Waals surface area contributed by atoms with Gasteiger partial charge in [-0.2, -0.15) is 0 Å². The number of hydrogen-bond donors (Lipinski definition) is 0. The molecular formula is C71H51NO. The molecule has 0 fully saturated rings. The summed E-state index contributed by atoms with van der Waals surface area (Å²) in [7, 11) is 0. The Bertz CT molecular complexity index is 4080. The van der Waals surface area contributed by atoms with Crippen molar-refractivity contribution in [2.75, 3.05) is 4.90 Å². The summed E-state index contributed by atoms with van der Waals surface area (Å²) in [5, 5.41) is 2.23. The summed E-state index contributed by atoms with van der Waals surface area (Å²) in [5.74, 6) is 0. The molecule has 0 atom stereocenters. The van der Waals surface area contributed by atoms with Crippen molar-refractivity contribution in [3.63, 3.8) is 0 Å². The van der Waals surface area contributed by atoms with Crippen molar-refractivity contribution in [1.82, 2.24) is 0 Å². The predicted molar refractivity (Wildman–Crippen MR) is 301 cm³/mol. The number of fused-ring (bicyclic) bond motifs is 15. The lowest BCUT2D eigenvalue weighted by atomic mass is 9.50. The van der Waals surface area contributed by atoms with Crippen molar-refractivity contribution in [1.29, 1.82) is 0 Å². The lowest BCUT2D eigenvalue weighted by Crippen LogP contribution is -2.45. The molecule has 2 nitrogen and oxygen atoms in total. The summed E-state index contributed by atoms with van der Waals surface area (Å²) in [6.07, 6.45) is 9.02.